The lowest BCUT2D eigenvalue weighted by Crippen LogP contribution is -2.51. The van der Waals surface area contributed by atoms with Crippen molar-refractivity contribution >= 4 is 17.6 Å². The molecule has 202 valence electrons. The molecule has 0 saturated carbocycles. The predicted molar refractivity (Wildman–Crippen MR) is 145 cm³/mol. The molecule has 3 amide bonds. The predicted octanol–water partition coefficient (Wildman–Crippen LogP) is 4.73. The smallest absolute Gasteiger partial charge is 0.320 e. The summed E-state index contributed by atoms with van der Waals surface area (Å²) >= 11 is 0. The van der Waals surface area contributed by atoms with Crippen molar-refractivity contribution in [3.8, 4) is 0 Å². The number of furan rings is 1. The highest BCUT2D eigenvalue weighted by Gasteiger charge is 2.29. The van der Waals surface area contributed by atoms with Gasteiger partial charge in [0, 0.05) is 44.5 Å². The van der Waals surface area contributed by atoms with E-state index in [4.69, 9.17) is 9.15 Å². The molecule has 0 radical (unpaired) electrons. The molecule has 0 bridgehead atoms. The zero-order valence-electron chi connectivity index (χ0n) is 22.4. The number of ether oxygens (including phenoxy) is 1. The van der Waals surface area contributed by atoms with Crippen LogP contribution in [0.1, 0.15) is 55.6 Å². The molecular weight excluding hydrogens is 468 g/mol. The highest BCUT2D eigenvalue weighted by molar-refractivity contribution is 6.02. The second-order valence-corrected chi connectivity index (χ2v) is 10.3. The third kappa shape index (κ3) is 7.82. The molecule has 1 atom stereocenters. The van der Waals surface area contributed by atoms with Gasteiger partial charge in [0.2, 0.25) is 0 Å². The maximum atomic E-state index is 12.9. The van der Waals surface area contributed by atoms with E-state index in [0.717, 1.165) is 51.1 Å². The summed E-state index contributed by atoms with van der Waals surface area (Å²) in [4.78, 5) is 31.8. The second kappa shape index (κ2) is 13.6. The monoisotopic (exact) mass is 510 g/mol. The summed E-state index contributed by atoms with van der Waals surface area (Å²) in [6.07, 6.45) is 6.88. The normalized spacial score (nSPS) is 17.7. The van der Waals surface area contributed by atoms with E-state index in [-0.39, 0.29) is 11.9 Å². The molecule has 2 aliphatic heterocycles. The lowest BCUT2D eigenvalue weighted by atomic mass is 9.94. The third-order valence-electron chi connectivity index (χ3n) is 7.54. The zero-order chi connectivity index (χ0) is 26.0. The van der Waals surface area contributed by atoms with Gasteiger partial charge in [0.15, 0.2) is 5.76 Å². The largest absolute Gasteiger partial charge is 0.459 e. The van der Waals surface area contributed by atoms with Crippen LogP contribution in [0.25, 0.3) is 0 Å². The summed E-state index contributed by atoms with van der Waals surface area (Å²) in [6.45, 7) is 11.1. The van der Waals surface area contributed by atoms with Gasteiger partial charge in [0.25, 0.3) is 5.91 Å². The van der Waals surface area contributed by atoms with Crippen molar-refractivity contribution in [1.82, 2.24) is 14.7 Å². The molecule has 3 heterocycles. The number of urea groups is 1. The van der Waals surface area contributed by atoms with E-state index < -0.39 is 0 Å². The molecule has 0 spiro atoms. The lowest BCUT2D eigenvalue weighted by molar-refractivity contribution is 0.0386. The number of anilines is 1. The minimum Gasteiger partial charge on any atom is -0.459 e. The van der Waals surface area contributed by atoms with Crippen molar-refractivity contribution in [3.63, 3.8) is 0 Å². The van der Waals surface area contributed by atoms with Gasteiger partial charge >= 0.3 is 6.03 Å². The number of morpholine rings is 1. The van der Waals surface area contributed by atoms with Gasteiger partial charge < -0.3 is 29.2 Å². The maximum absolute atomic E-state index is 12.9. The van der Waals surface area contributed by atoms with Gasteiger partial charge in [-0.1, -0.05) is 25.5 Å². The number of rotatable bonds is 10. The van der Waals surface area contributed by atoms with Gasteiger partial charge in [0.1, 0.15) is 0 Å². The fourth-order valence-electron chi connectivity index (χ4n) is 5.29. The molecule has 2 fully saturated rings. The van der Waals surface area contributed by atoms with Crippen molar-refractivity contribution in [2.24, 2.45) is 5.92 Å². The van der Waals surface area contributed by atoms with Crippen molar-refractivity contribution in [1.29, 1.82) is 0 Å². The van der Waals surface area contributed by atoms with Crippen LogP contribution in [-0.2, 0) is 11.2 Å². The Morgan fingerprint density at radius 1 is 1.08 bits per heavy atom. The highest BCUT2D eigenvalue weighted by Crippen LogP contribution is 2.23. The average Bonchev–Trinajstić information content (AvgIpc) is 3.47. The first-order valence-corrected chi connectivity index (χ1v) is 13.8. The average molecular weight is 511 g/mol. The number of likely N-dealkylation sites (tertiary alicyclic amines) is 1. The Kier molecular flexibility index (Phi) is 10.0. The summed E-state index contributed by atoms with van der Waals surface area (Å²) in [7, 11) is 0. The van der Waals surface area contributed by atoms with Crippen LogP contribution in [0, 0.1) is 5.92 Å². The van der Waals surface area contributed by atoms with Gasteiger partial charge in [-0.05, 0) is 74.9 Å². The van der Waals surface area contributed by atoms with E-state index in [9.17, 15) is 9.59 Å². The quantitative estimate of drug-likeness (QED) is 0.500. The van der Waals surface area contributed by atoms with E-state index in [2.05, 4.69) is 36.2 Å². The fourth-order valence-corrected chi connectivity index (χ4v) is 5.29. The number of carbonyl (C=O) groups excluding carboxylic acids is 2. The number of piperidine rings is 1. The number of unbranched alkanes of at least 4 members (excludes halogenated alkanes) is 1. The molecule has 0 aliphatic carbocycles. The van der Waals surface area contributed by atoms with Crippen LogP contribution < -0.4 is 5.32 Å². The van der Waals surface area contributed by atoms with Crippen molar-refractivity contribution in [3.05, 3.63) is 54.0 Å². The van der Waals surface area contributed by atoms with Crippen molar-refractivity contribution < 1.29 is 18.7 Å². The Labute approximate surface area is 220 Å². The molecule has 1 aromatic heterocycles. The van der Waals surface area contributed by atoms with Crippen molar-refractivity contribution in [2.75, 3.05) is 57.8 Å². The summed E-state index contributed by atoms with van der Waals surface area (Å²) in [5.74, 6) is 0.674. The minimum atomic E-state index is -0.238. The van der Waals surface area contributed by atoms with E-state index in [1.807, 2.05) is 21.9 Å². The van der Waals surface area contributed by atoms with Crippen LogP contribution in [0.5, 0.6) is 0 Å². The highest BCUT2D eigenvalue weighted by atomic mass is 16.5. The van der Waals surface area contributed by atoms with Gasteiger partial charge in [-0.25, -0.2) is 4.79 Å². The molecule has 8 heteroatoms. The number of benzene rings is 1. The van der Waals surface area contributed by atoms with E-state index in [1.54, 1.807) is 12.1 Å². The van der Waals surface area contributed by atoms with Crippen LogP contribution in [-0.4, -0.2) is 85.2 Å². The van der Waals surface area contributed by atoms with Gasteiger partial charge in [-0.2, -0.15) is 0 Å². The number of nitrogens with one attached hydrogen (secondary N) is 1. The second-order valence-electron chi connectivity index (χ2n) is 10.3. The standard InChI is InChI=1S/C29H42N4O4/c1-3-4-12-33(22-24-10-13-31(14-11-24)29(35)32-15-18-36-19-16-32)23(2)20-25-7-5-8-26(21-25)30-28(34)27-9-6-17-37-27/h5-9,17,21,23-24H,3-4,10-16,18-20,22H2,1-2H3,(H,30,34). The first kappa shape index (κ1) is 27.2. The molecule has 1 unspecified atom stereocenters. The summed E-state index contributed by atoms with van der Waals surface area (Å²) in [5, 5.41) is 2.94. The summed E-state index contributed by atoms with van der Waals surface area (Å²) in [6, 6.07) is 12.0. The van der Waals surface area contributed by atoms with Crippen LogP contribution in [0.3, 0.4) is 0 Å². The lowest BCUT2D eigenvalue weighted by Gasteiger charge is -2.39. The minimum absolute atomic E-state index is 0.178. The van der Waals surface area contributed by atoms with E-state index in [1.165, 1.54) is 24.7 Å². The SMILES string of the molecule is CCCCN(CC1CCN(C(=O)N2CCOCC2)CC1)C(C)Cc1cccc(NC(=O)c2ccco2)c1. The first-order valence-electron chi connectivity index (χ1n) is 13.8. The molecule has 1 N–H and O–H groups in total. The Morgan fingerprint density at radius 3 is 2.54 bits per heavy atom. The Balaban J connectivity index is 1.30. The fraction of sp³-hybridized carbons (Fsp3) is 0.586. The van der Waals surface area contributed by atoms with Crippen LogP contribution in [0.15, 0.2) is 47.1 Å². The van der Waals surface area contributed by atoms with Gasteiger partial charge in [0.05, 0.1) is 19.5 Å². The van der Waals surface area contributed by atoms with Crippen LogP contribution in [0.4, 0.5) is 10.5 Å². The van der Waals surface area contributed by atoms with Gasteiger partial charge in [-0.3, -0.25) is 4.79 Å². The Morgan fingerprint density at radius 2 is 1.84 bits per heavy atom. The molecule has 2 saturated heterocycles. The topological polar surface area (TPSA) is 78.3 Å². The number of hydrogen-bond acceptors (Lipinski definition) is 5. The van der Waals surface area contributed by atoms with E-state index in [0.29, 0.717) is 44.0 Å². The molecule has 4 rings (SSSR count). The van der Waals surface area contributed by atoms with Crippen LogP contribution >= 0.6 is 0 Å². The molecule has 37 heavy (non-hydrogen) atoms. The first-order chi connectivity index (χ1) is 18.0. The van der Waals surface area contributed by atoms with Crippen molar-refractivity contribution in [2.45, 2.75) is 52.0 Å². The molecule has 1 aromatic carbocycles. The third-order valence-corrected chi connectivity index (χ3v) is 7.54. The Bertz CT molecular complexity index is 982. The molecule has 2 aliphatic rings. The molecular formula is C29H42N4O4. The maximum Gasteiger partial charge on any atom is 0.320 e. The van der Waals surface area contributed by atoms with Crippen LogP contribution in [0.2, 0.25) is 0 Å². The Hall–Kier alpha value is -2.84. The number of nitrogens with zero attached hydrogens (tertiary/aromatic N) is 3. The number of hydrogen-bond donors (Lipinski definition) is 1. The summed E-state index contributed by atoms with van der Waals surface area (Å²) in [5.41, 5.74) is 1.99. The number of amides is 3. The number of carbonyl (C=O) groups is 2. The van der Waals surface area contributed by atoms with E-state index >= 15 is 0 Å². The van der Waals surface area contributed by atoms with Gasteiger partial charge in [-0.15, -0.1) is 0 Å². The zero-order valence-corrected chi connectivity index (χ0v) is 22.4. The molecule has 8 nitrogen and oxygen atoms in total. The molecule has 2 aromatic rings. The summed E-state index contributed by atoms with van der Waals surface area (Å²) < 4.78 is 10.6.